The van der Waals surface area contributed by atoms with Crippen LogP contribution < -0.4 is 5.73 Å². The van der Waals surface area contributed by atoms with E-state index in [2.05, 4.69) is 10.3 Å². The van der Waals surface area contributed by atoms with Crippen LogP contribution in [0.15, 0.2) is 24.4 Å². The lowest BCUT2D eigenvalue weighted by Crippen LogP contribution is -2.00. The Morgan fingerprint density at radius 1 is 1.41 bits per heavy atom. The molecule has 0 radical (unpaired) electrons. The highest BCUT2D eigenvalue weighted by Gasteiger charge is 2.07. The fourth-order valence-corrected chi connectivity index (χ4v) is 1.68. The van der Waals surface area contributed by atoms with E-state index in [0.29, 0.717) is 17.3 Å². The van der Waals surface area contributed by atoms with E-state index in [1.165, 1.54) is 22.9 Å². The Morgan fingerprint density at radius 3 is 3.00 bits per heavy atom. The third-order valence-corrected chi connectivity index (χ3v) is 2.65. The van der Waals surface area contributed by atoms with Crippen LogP contribution in [0, 0.1) is 5.82 Å². The van der Waals surface area contributed by atoms with Crippen molar-refractivity contribution < 1.29 is 4.39 Å². The summed E-state index contributed by atoms with van der Waals surface area (Å²) in [6.07, 6.45) is 3.33. The molecule has 0 aliphatic carbocycles. The first-order valence-corrected chi connectivity index (χ1v) is 5.65. The van der Waals surface area contributed by atoms with Gasteiger partial charge in [0.05, 0.1) is 22.6 Å². The van der Waals surface area contributed by atoms with E-state index in [0.717, 1.165) is 18.5 Å². The van der Waals surface area contributed by atoms with E-state index in [-0.39, 0.29) is 5.82 Å². The fourth-order valence-electron chi connectivity index (χ4n) is 1.48. The van der Waals surface area contributed by atoms with Crippen LogP contribution in [0.4, 0.5) is 4.39 Å². The van der Waals surface area contributed by atoms with Crippen LogP contribution >= 0.6 is 11.6 Å². The average molecular weight is 255 g/mol. The molecule has 0 aliphatic heterocycles. The van der Waals surface area contributed by atoms with Crippen molar-refractivity contribution >= 4 is 11.6 Å². The summed E-state index contributed by atoms with van der Waals surface area (Å²) in [6, 6.07) is 4.12. The van der Waals surface area contributed by atoms with Crippen LogP contribution in [0.5, 0.6) is 0 Å². The molecule has 0 bridgehead atoms. The molecule has 0 saturated heterocycles. The van der Waals surface area contributed by atoms with E-state index in [1.807, 2.05) is 0 Å². The molecular formula is C11H12ClFN4. The number of hydrogen-bond acceptors (Lipinski definition) is 3. The number of nitrogens with zero attached hydrogens (tertiary/aromatic N) is 3. The standard InChI is InChI=1S/C11H12ClFN4/c12-10-4-3-8(13)6-11(10)17-7-9(15-16-17)2-1-5-14/h3-4,6-7H,1-2,5,14H2. The number of benzene rings is 1. The lowest BCUT2D eigenvalue weighted by Gasteiger charge is -2.02. The minimum absolute atomic E-state index is 0.358. The van der Waals surface area contributed by atoms with Gasteiger partial charge in [-0.3, -0.25) is 0 Å². The quantitative estimate of drug-likeness (QED) is 0.907. The Bertz CT molecular complexity index is 512. The number of aryl methyl sites for hydroxylation is 1. The number of rotatable bonds is 4. The summed E-state index contributed by atoms with van der Waals surface area (Å²) in [4.78, 5) is 0. The third kappa shape index (κ3) is 2.81. The largest absolute Gasteiger partial charge is 0.330 e. The summed E-state index contributed by atoms with van der Waals surface area (Å²) >= 11 is 5.97. The smallest absolute Gasteiger partial charge is 0.125 e. The van der Waals surface area contributed by atoms with Crippen LogP contribution in [-0.4, -0.2) is 21.5 Å². The second-order valence-corrected chi connectivity index (χ2v) is 4.05. The van der Waals surface area contributed by atoms with Crippen LogP contribution in [0.25, 0.3) is 5.69 Å². The Hall–Kier alpha value is -1.46. The van der Waals surface area contributed by atoms with E-state index in [9.17, 15) is 4.39 Å². The van der Waals surface area contributed by atoms with Gasteiger partial charge in [0.2, 0.25) is 0 Å². The van der Waals surface area contributed by atoms with Crippen molar-refractivity contribution in [3.05, 3.63) is 40.9 Å². The van der Waals surface area contributed by atoms with Crippen molar-refractivity contribution in [2.24, 2.45) is 5.73 Å². The normalized spacial score (nSPS) is 10.8. The van der Waals surface area contributed by atoms with Crippen LogP contribution in [0.2, 0.25) is 5.02 Å². The highest BCUT2D eigenvalue weighted by Crippen LogP contribution is 2.20. The van der Waals surface area contributed by atoms with Gasteiger partial charge in [0.1, 0.15) is 5.82 Å². The van der Waals surface area contributed by atoms with E-state index in [1.54, 1.807) is 6.20 Å². The van der Waals surface area contributed by atoms with Crippen LogP contribution in [0.1, 0.15) is 12.1 Å². The number of hydrogen-bond donors (Lipinski definition) is 1. The molecule has 4 nitrogen and oxygen atoms in total. The maximum absolute atomic E-state index is 13.1. The minimum Gasteiger partial charge on any atom is -0.330 e. The maximum Gasteiger partial charge on any atom is 0.125 e. The van der Waals surface area contributed by atoms with Gasteiger partial charge in [0, 0.05) is 6.07 Å². The van der Waals surface area contributed by atoms with Gasteiger partial charge in [-0.25, -0.2) is 9.07 Å². The summed E-state index contributed by atoms with van der Waals surface area (Å²) in [5.41, 5.74) is 6.71. The van der Waals surface area contributed by atoms with E-state index in [4.69, 9.17) is 17.3 Å². The molecule has 1 aromatic heterocycles. The molecular weight excluding hydrogens is 243 g/mol. The van der Waals surface area contributed by atoms with Crippen LogP contribution in [-0.2, 0) is 6.42 Å². The first-order valence-electron chi connectivity index (χ1n) is 5.27. The second-order valence-electron chi connectivity index (χ2n) is 3.64. The summed E-state index contributed by atoms with van der Waals surface area (Å²) in [5.74, 6) is -0.358. The minimum atomic E-state index is -0.358. The molecule has 6 heteroatoms. The summed E-state index contributed by atoms with van der Waals surface area (Å²) < 4.78 is 14.6. The molecule has 0 unspecified atom stereocenters. The predicted octanol–water partition coefficient (Wildman–Crippen LogP) is 1.95. The van der Waals surface area contributed by atoms with Gasteiger partial charge in [-0.05, 0) is 31.5 Å². The van der Waals surface area contributed by atoms with Crippen molar-refractivity contribution in [1.29, 1.82) is 0 Å². The zero-order valence-electron chi connectivity index (χ0n) is 9.11. The summed E-state index contributed by atoms with van der Waals surface area (Å²) in [7, 11) is 0. The number of nitrogens with two attached hydrogens (primary N) is 1. The summed E-state index contributed by atoms with van der Waals surface area (Å²) in [5, 5.41) is 8.33. The molecule has 0 saturated carbocycles. The Morgan fingerprint density at radius 2 is 2.24 bits per heavy atom. The van der Waals surface area contributed by atoms with Gasteiger partial charge in [0.25, 0.3) is 0 Å². The zero-order chi connectivity index (χ0) is 12.3. The van der Waals surface area contributed by atoms with Crippen molar-refractivity contribution in [3.8, 4) is 5.69 Å². The molecule has 0 atom stereocenters. The molecule has 90 valence electrons. The first-order chi connectivity index (χ1) is 8.20. The molecule has 0 amide bonds. The lowest BCUT2D eigenvalue weighted by atomic mass is 10.2. The maximum atomic E-state index is 13.1. The SMILES string of the molecule is NCCCc1cn(-c2cc(F)ccc2Cl)nn1. The molecule has 17 heavy (non-hydrogen) atoms. The number of halogens is 2. The van der Waals surface area contributed by atoms with Gasteiger partial charge in [-0.15, -0.1) is 5.10 Å². The fraction of sp³-hybridized carbons (Fsp3) is 0.273. The molecule has 2 aromatic rings. The monoisotopic (exact) mass is 254 g/mol. The Kier molecular flexibility index (Phi) is 3.71. The number of aromatic nitrogens is 3. The molecule has 1 heterocycles. The van der Waals surface area contributed by atoms with Gasteiger partial charge in [-0.1, -0.05) is 16.8 Å². The Labute approximate surface area is 103 Å². The van der Waals surface area contributed by atoms with Gasteiger partial charge >= 0.3 is 0 Å². The van der Waals surface area contributed by atoms with Gasteiger partial charge in [0.15, 0.2) is 0 Å². The molecule has 1 aromatic carbocycles. The highest BCUT2D eigenvalue weighted by atomic mass is 35.5. The Balaban J connectivity index is 2.27. The van der Waals surface area contributed by atoms with Crippen molar-refractivity contribution in [1.82, 2.24) is 15.0 Å². The molecule has 2 rings (SSSR count). The van der Waals surface area contributed by atoms with Gasteiger partial charge in [-0.2, -0.15) is 0 Å². The third-order valence-electron chi connectivity index (χ3n) is 2.33. The van der Waals surface area contributed by atoms with E-state index >= 15 is 0 Å². The van der Waals surface area contributed by atoms with Crippen molar-refractivity contribution in [2.45, 2.75) is 12.8 Å². The lowest BCUT2D eigenvalue weighted by molar-refractivity contribution is 0.625. The zero-order valence-corrected chi connectivity index (χ0v) is 9.86. The molecule has 2 N–H and O–H groups in total. The second kappa shape index (κ2) is 5.25. The van der Waals surface area contributed by atoms with Crippen molar-refractivity contribution in [3.63, 3.8) is 0 Å². The molecule has 0 aliphatic rings. The average Bonchev–Trinajstić information content (AvgIpc) is 2.78. The van der Waals surface area contributed by atoms with Gasteiger partial charge < -0.3 is 5.73 Å². The predicted molar refractivity (Wildman–Crippen MR) is 63.7 cm³/mol. The molecule has 0 fully saturated rings. The molecule has 0 spiro atoms. The van der Waals surface area contributed by atoms with Crippen molar-refractivity contribution in [2.75, 3.05) is 6.54 Å². The van der Waals surface area contributed by atoms with Crippen LogP contribution in [0.3, 0.4) is 0 Å². The topological polar surface area (TPSA) is 56.7 Å². The first kappa shape index (κ1) is 12.0. The highest BCUT2D eigenvalue weighted by molar-refractivity contribution is 6.32. The summed E-state index contributed by atoms with van der Waals surface area (Å²) in [6.45, 7) is 0.605. The van der Waals surface area contributed by atoms with E-state index < -0.39 is 0 Å².